The van der Waals surface area contributed by atoms with Crippen molar-refractivity contribution in [2.45, 2.75) is 6.92 Å². The summed E-state index contributed by atoms with van der Waals surface area (Å²) in [5.74, 6) is 0.269. The second-order valence-electron chi connectivity index (χ2n) is 4.93. The maximum Gasteiger partial charge on any atom is 0.417 e. The first-order chi connectivity index (χ1) is 11.0. The van der Waals surface area contributed by atoms with Gasteiger partial charge in [0.2, 0.25) is 0 Å². The van der Waals surface area contributed by atoms with E-state index in [0.29, 0.717) is 16.3 Å². The second kappa shape index (κ2) is 6.14. The van der Waals surface area contributed by atoms with E-state index >= 15 is 0 Å². The largest absolute Gasteiger partial charge is 0.423 e. The highest BCUT2D eigenvalue weighted by molar-refractivity contribution is 6.30. The molecule has 0 bridgehead atoms. The average Bonchev–Trinajstić information content (AvgIpc) is 2.46. The Kier molecular flexibility index (Phi) is 4.04. The minimum atomic E-state index is -0.665. The Bertz CT molecular complexity index is 949. The number of hydrogen-bond donors (Lipinski definition) is 1. The van der Waals surface area contributed by atoms with Gasteiger partial charge in [-0.25, -0.2) is 9.59 Å². The predicted molar refractivity (Wildman–Crippen MR) is 88.3 cm³/mol. The number of carbonyl (C=O) groups excluding carboxylic acids is 1. The quantitative estimate of drug-likeness (QED) is 0.709. The molecule has 1 heterocycles. The number of ether oxygens (including phenoxy) is 1. The Balaban J connectivity index is 1.81. The van der Waals surface area contributed by atoms with Crippen molar-refractivity contribution >= 4 is 34.4 Å². The van der Waals surface area contributed by atoms with Gasteiger partial charge >= 0.3 is 11.7 Å². The highest BCUT2D eigenvalue weighted by Crippen LogP contribution is 2.23. The molecular weight excluding hydrogens is 318 g/mol. The van der Waals surface area contributed by atoms with Gasteiger partial charge in [-0.15, -0.1) is 0 Å². The van der Waals surface area contributed by atoms with E-state index in [1.807, 2.05) is 6.92 Å². The van der Waals surface area contributed by atoms with E-state index < -0.39 is 11.7 Å². The summed E-state index contributed by atoms with van der Waals surface area (Å²) in [6.07, 6.45) is -0.665. The molecule has 116 valence electrons. The van der Waals surface area contributed by atoms with Crippen molar-refractivity contribution in [1.82, 2.24) is 0 Å². The van der Waals surface area contributed by atoms with Crippen LogP contribution in [-0.2, 0) is 0 Å². The minimum Gasteiger partial charge on any atom is -0.423 e. The number of fused-ring (bicyclic) bond motifs is 1. The van der Waals surface area contributed by atoms with E-state index in [9.17, 15) is 9.59 Å². The van der Waals surface area contributed by atoms with Gasteiger partial charge in [0.05, 0.1) is 0 Å². The summed E-state index contributed by atoms with van der Waals surface area (Å²) < 4.78 is 10.3. The van der Waals surface area contributed by atoms with E-state index in [4.69, 9.17) is 20.8 Å². The zero-order valence-corrected chi connectivity index (χ0v) is 12.9. The normalized spacial score (nSPS) is 10.5. The average molecular weight is 330 g/mol. The lowest BCUT2D eigenvalue weighted by Crippen LogP contribution is -2.16. The van der Waals surface area contributed by atoms with E-state index in [2.05, 4.69) is 5.32 Å². The number of halogens is 1. The third-order valence-corrected chi connectivity index (χ3v) is 3.44. The molecule has 6 heteroatoms. The number of aryl methyl sites for hydroxylation is 1. The van der Waals surface area contributed by atoms with Gasteiger partial charge in [0.15, 0.2) is 0 Å². The monoisotopic (exact) mass is 329 g/mol. The van der Waals surface area contributed by atoms with Crippen molar-refractivity contribution in [2.24, 2.45) is 0 Å². The Morgan fingerprint density at radius 3 is 2.78 bits per heavy atom. The molecule has 1 aromatic heterocycles. The van der Waals surface area contributed by atoms with Crippen LogP contribution in [0.15, 0.2) is 57.7 Å². The third-order valence-electron chi connectivity index (χ3n) is 3.20. The highest BCUT2D eigenvalue weighted by Gasteiger charge is 2.08. The van der Waals surface area contributed by atoms with E-state index in [1.54, 1.807) is 36.4 Å². The van der Waals surface area contributed by atoms with E-state index in [0.717, 1.165) is 10.9 Å². The summed E-state index contributed by atoms with van der Waals surface area (Å²) in [7, 11) is 0. The van der Waals surface area contributed by atoms with Crippen molar-refractivity contribution in [2.75, 3.05) is 5.32 Å². The van der Waals surface area contributed by atoms with Gasteiger partial charge < -0.3 is 9.15 Å². The predicted octanol–water partition coefficient (Wildman–Crippen LogP) is 4.37. The number of nitrogens with one attached hydrogen (secondary N) is 1. The summed E-state index contributed by atoms with van der Waals surface area (Å²) in [6.45, 7) is 1.81. The van der Waals surface area contributed by atoms with Gasteiger partial charge in [0.1, 0.15) is 11.3 Å². The molecule has 0 atom stereocenters. The molecular formula is C17H12ClNO4. The molecule has 0 aliphatic rings. The van der Waals surface area contributed by atoms with E-state index in [-0.39, 0.29) is 5.75 Å². The maximum absolute atomic E-state index is 11.9. The Hall–Kier alpha value is -2.79. The molecule has 3 aromatic rings. The van der Waals surface area contributed by atoms with Crippen molar-refractivity contribution < 1.29 is 13.9 Å². The fraction of sp³-hybridized carbons (Fsp3) is 0.0588. The minimum absolute atomic E-state index is 0.269. The Labute approximate surface area is 136 Å². The number of hydrogen-bond acceptors (Lipinski definition) is 4. The third kappa shape index (κ3) is 3.52. The molecule has 0 spiro atoms. The van der Waals surface area contributed by atoms with Crippen LogP contribution in [0.1, 0.15) is 5.56 Å². The van der Waals surface area contributed by atoms with Gasteiger partial charge in [-0.3, -0.25) is 5.32 Å². The zero-order valence-electron chi connectivity index (χ0n) is 12.1. The van der Waals surface area contributed by atoms with Crippen LogP contribution in [0, 0.1) is 6.92 Å². The zero-order chi connectivity index (χ0) is 16.4. The fourth-order valence-corrected chi connectivity index (χ4v) is 2.38. The molecule has 1 amide bonds. The van der Waals surface area contributed by atoms with Crippen molar-refractivity contribution in [3.8, 4) is 5.75 Å². The number of anilines is 1. The van der Waals surface area contributed by atoms with Gasteiger partial charge in [0, 0.05) is 28.2 Å². The molecule has 0 saturated heterocycles. The number of carbonyl (C=O) groups is 1. The van der Waals surface area contributed by atoms with Crippen LogP contribution >= 0.6 is 11.6 Å². The topological polar surface area (TPSA) is 68.5 Å². The van der Waals surface area contributed by atoms with Crippen LogP contribution in [0.5, 0.6) is 5.75 Å². The van der Waals surface area contributed by atoms with Gasteiger partial charge in [-0.05, 0) is 42.8 Å². The standard InChI is InChI=1S/C17H12ClNO4/c1-10-7-16(20)23-15-9-13(5-6-14(10)15)22-17(21)19-12-4-2-3-11(18)8-12/h2-9H,1H3,(H,19,21). The molecule has 2 aromatic carbocycles. The molecule has 23 heavy (non-hydrogen) atoms. The first kappa shape index (κ1) is 15.1. The number of rotatable bonds is 2. The molecule has 0 saturated carbocycles. The molecule has 0 aliphatic carbocycles. The van der Waals surface area contributed by atoms with Crippen LogP contribution in [0.3, 0.4) is 0 Å². The first-order valence-electron chi connectivity index (χ1n) is 6.80. The molecule has 0 aliphatic heterocycles. The SMILES string of the molecule is Cc1cc(=O)oc2cc(OC(=O)Nc3cccc(Cl)c3)ccc12. The summed E-state index contributed by atoms with van der Waals surface area (Å²) >= 11 is 5.85. The lowest BCUT2D eigenvalue weighted by Gasteiger charge is -2.08. The molecule has 0 radical (unpaired) electrons. The fourth-order valence-electron chi connectivity index (χ4n) is 2.19. The lowest BCUT2D eigenvalue weighted by molar-refractivity contribution is 0.215. The summed E-state index contributed by atoms with van der Waals surface area (Å²) in [6, 6.07) is 13.0. The molecule has 0 unspecified atom stereocenters. The Morgan fingerprint density at radius 1 is 1.17 bits per heavy atom. The second-order valence-corrected chi connectivity index (χ2v) is 5.37. The van der Waals surface area contributed by atoms with Crippen LogP contribution in [-0.4, -0.2) is 6.09 Å². The van der Waals surface area contributed by atoms with Crippen LogP contribution < -0.4 is 15.7 Å². The molecule has 1 N–H and O–H groups in total. The molecule has 0 fully saturated rings. The van der Waals surface area contributed by atoms with E-state index in [1.165, 1.54) is 12.1 Å². The number of amides is 1. The van der Waals surface area contributed by atoms with Crippen LogP contribution in [0.2, 0.25) is 5.02 Å². The lowest BCUT2D eigenvalue weighted by atomic mass is 10.1. The van der Waals surface area contributed by atoms with Gasteiger partial charge in [-0.1, -0.05) is 17.7 Å². The molecule has 5 nitrogen and oxygen atoms in total. The van der Waals surface area contributed by atoms with Gasteiger partial charge in [-0.2, -0.15) is 0 Å². The van der Waals surface area contributed by atoms with Gasteiger partial charge in [0.25, 0.3) is 0 Å². The van der Waals surface area contributed by atoms with Crippen molar-refractivity contribution in [1.29, 1.82) is 0 Å². The molecule has 3 rings (SSSR count). The summed E-state index contributed by atoms with van der Waals surface area (Å²) in [5, 5.41) is 3.85. The highest BCUT2D eigenvalue weighted by atomic mass is 35.5. The smallest absolute Gasteiger partial charge is 0.417 e. The summed E-state index contributed by atoms with van der Waals surface area (Å²) in [5.41, 5.74) is 1.23. The van der Waals surface area contributed by atoms with Crippen molar-refractivity contribution in [3.05, 3.63) is 69.5 Å². The number of benzene rings is 2. The van der Waals surface area contributed by atoms with Crippen LogP contribution in [0.25, 0.3) is 11.0 Å². The Morgan fingerprint density at radius 2 is 2.00 bits per heavy atom. The maximum atomic E-state index is 11.9. The van der Waals surface area contributed by atoms with Crippen LogP contribution in [0.4, 0.5) is 10.5 Å². The van der Waals surface area contributed by atoms with Crippen molar-refractivity contribution in [3.63, 3.8) is 0 Å². The summed E-state index contributed by atoms with van der Waals surface area (Å²) in [4.78, 5) is 23.3. The first-order valence-corrected chi connectivity index (χ1v) is 7.18.